The van der Waals surface area contributed by atoms with E-state index in [1.165, 1.54) is 33.4 Å². The zero-order chi connectivity index (χ0) is 32.9. The van der Waals surface area contributed by atoms with Crippen LogP contribution in [0.3, 0.4) is 0 Å². The molecule has 0 bridgehead atoms. The van der Waals surface area contributed by atoms with Crippen molar-refractivity contribution in [3.05, 3.63) is 116 Å². The Morgan fingerprint density at radius 3 is 2.13 bits per heavy atom. The summed E-state index contributed by atoms with van der Waals surface area (Å²) in [5.74, 6) is 0.265. The van der Waals surface area contributed by atoms with Crippen LogP contribution >= 0.6 is 0 Å². The quantitative estimate of drug-likeness (QED) is 0.215. The summed E-state index contributed by atoms with van der Waals surface area (Å²) in [6.45, 7) is 16.9. The Morgan fingerprint density at radius 2 is 1.34 bits per heavy atom. The van der Waals surface area contributed by atoms with Crippen molar-refractivity contribution < 1.29 is 9.52 Å². The lowest BCUT2D eigenvalue weighted by Crippen LogP contribution is -2.03. The van der Waals surface area contributed by atoms with Gasteiger partial charge < -0.3 is 9.52 Å². The van der Waals surface area contributed by atoms with Crippen LogP contribution in [0, 0.1) is 55.4 Å². The summed E-state index contributed by atoms with van der Waals surface area (Å²) in [6, 6.07) is 19.2. The number of aromatic hydroxyl groups is 1. The van der Waals surface area contributed by atoms with E-state index in [1.807, 2.05) is 19.2 Å². The van der Waals surface area contributed by atoms with Crippen molar-refractivity contribution in [2.24, 2.45) is 4.99 Å². The minimum atomic E-state index is 0.265. The molecule has 0 unspecified atom stereocenters. The van der Waals surface area contributed by atoms with Gasteiger partial charge in [-0.25, -0.2) is 4.98 Å². The van der Waals surface area contributed by atoms with Crippen LogP contribution in [-0.2, 0) is 6.42 Å². The Morgan fingerprint density at radius 1 is 0.638 bits per heavy atom. The highest BCUT2D eigenvalue weighted by atomic mass is 16.3. The number of aromatic nitrogens is 2. The summed E-state index contributed by atoms with van der Waals surface area (Å²) in [6.07, 6.45) is 2.60. The molecular weight excluding hydrogens is 578 g/mol. The molecule has 4 aromatic carbocycles. The molecule has 47 heavy (non-hydrogen) atoms. The van der Waals surface area contributed by atoms with Crippen molar-refractivity contribution in [3.63, 3.8) is 0 Å². The lowest BCUT2D eigenvalue weighted by molar-refractivity contribution is 0.473. The Labute approximate surface area is 274 Å². The van der Waals surface area contributed by atoms with Crippen LogP contribution in [0.4, 0.5) is 5.69 Å². The van der Waals surface area contributed by atoms with Crippen molar-refractivity contribution in [1.29, 1.82) is 0 Å². The van der Waals surface area contributed by atoms with Gasteiger partial charge in [0, 0.05) is 51.0 Å². The van der Waals surface area contributed by atoms with Crippen molar-refractivity contribution in [3.8, 4) is 28.1 Å². The molecule has 0 saturated heterocycles. The summed E-state index contributed by atoms with van der Waals surface area (Å²) in [5.41, 5.74) is 19.4. The molecule has 7 aromatic rings. The normalized spacial score (nSPS) is 12.8. The topological polar surface area (TPSA) is 71.5 Å². The first kappa shape index (κ1) is 29.1. The molecule has 0 aliphatic carbocycles. The first-order valence-corrected chi connectivity index (χ1v) is 16.2. The number of hydrogen-bond donors (Lipinski definition) is 1. The highest BCUT2D eigenvalue weighted by Gasteiger charge is 2.27. The molecule has 4 heterocycles. The van der Waals surface area contributed by atoms with E-state index >= 15 is 0 Å². The third kappa shape index (κ3) is 4.56. The molecule has 1 aliphatic rings. The van der Waals surface area contributed by atoms with Crippen LogP contribution in [-0.4, -0.2) is 20.8 Å². The van der Waals surface area contributed by atoms with Gasteiger partial charge in [-0.05, 0) is 160 Å². The largest absolute Gasteiger partial charge is 0.507 e. The number of pyridine rings is 2. The van der Waals surface area contributed by atoms with E-state index < -0.39 is 0 Å². The summed E-state index contributed by atoms with van der Waals surface area (Å²) < 4.78 is 6.72. The molecule has 5 heteroatoms. The Kier molecular flexibility index (Phi) is 6.42. The average molecular weight is 616 g/mol. The predicted octanol–water partition coefficient (Wildman–Crippen LogP) is 10.7. The zero-order valence-corrected chi connectivity index (χ0v) is 28.2. The van der Waals surface area contributed by atoms with Crippen LogP contribution in [0.1, 0.15) is 55.6 Å². The van der Waals surface area contributed by atoms with Gasteiger partial charge in [0.2, 0.25) is 5.71 Å². The van der Waals surface area contributed by atoms with E-state index in [4.69, 9.17) is 19.4 Å². The van der Waals surface area contributed by atoms with Gasteiger partial charge in [0.05, 0.1) is 22.6 Å². The summed E-state index contributed by atoms with van der Waals surface area (Å²) in [7, 11) is 0. The number of aliphatic imine (C=N–C) groups is 1. The van der Waals surface area contributed by atoms with Gasteiger partial charge in [-0.15, -0.1) is 0 Å². The second kappa shape index (κ2) is 10.4. The maximum atomic E-state index is 11.0. The molecule has 8 rings (SSSR count). The van der Waals surface area contributed by atoms with Crippen LogP contribution in [0.15, 0.2) is 70.2 Å². The number of phenols is 1. The van der Waals surface area contributed by atoms with Crippen molar-refractivity contribution in [2.45, 2.75) is 61.8 Å². The zero-order valence-electron chi connectivity index (χ0n) is 28.2. The molecule has 0 spiro atoms. The molecule has 0 radical (unpaired) electrons. The van der Waals surface area contributed by atoms with Gasteiger partial charge >= 0.3 is 0 Å². The standard InChI is InChI=1S/C42H37N3O2/c1-20-9-28-17-34-33-16-29(36-12-23(4)26(7)19-43-36)15-32(41(33)47-42(34)45-37(28)13-22(20)3)31-11-25(6)27(8)30-18-38(44-40(30)31)35-10-21(2)24(5)14-39(35)46/h9-17,19,46H,18H2,1-8H3. The lowest BCUT2D eigenvalue weighted by atomic mass is 9.90. The summed E-state index contributed by atoms with van der Waals surface area (Å²) >= 11 is 0. The minimum absolute atomic E-state index is 0.265. The van der Waals surface area contributed by atoms with E-state index in [0.29, 0.717) is 12.1 Å². The number of furan rings is 1. The molecule has 0 fully saturated rings. The Bertz CT molecular complexity index is 2530. The highest BCUT2D eigenvalue weighted by Crippen LogP contribution is 2.47. The Hall–Kier alpha value is -5.29. The van der Waals surface area contributed by atoms with E-state index in [9.17, 15) is 5.11 Å². The molecule has 0 saturated carbocycles. The maximum Gasteiger partial charge on any atom is 0.227 e. The number of fused-ring (bicyclic) bond motifs is 5. The lowest BCUT2D eigenvalue weighted by Gasteiger charge is -2.14. The van der Waals surface area contributed by atoms with Crippen molar-refractivity contribution in [1.82, 2.24) is 9.97 Å². The fourth-order valence-corrected chi connectivity index (χ4v) is 6.91. The van der Waals surface area contributed by atoms with E-state index in [1.54, 1.807) is 0 Å². The third-order valence-electron chi connectivity index (χ3n) is 10.4. The summed E-state index contributed by atoms with van der Waals surface area (Å²) in [4.78, 5) is 15.2. The smallest absolute Gasteiger partial charge is 0.227 e. The van der Waals surface area contributed by atoms with Crippen LogP contribution in [0.2, 0.25) is 0 Å². The monoisotopic (exact) mass is 615 g/mol. The molecule has 232 valence electrons. The third-order valence-corrected chi connectivity index (χ3v) is 10.4. The number of phenolic OH excluding ortho intramolecular Hbond substituents is 1. The van der Waals surface area contributed by atoms with E-state index in [-0.39, 0.29) is 5.75 Å². The molecule has 3 aromatic heterocycles. The number of aryl methyl sites for hydroxylation is 7. The fourth-order valence-electron chi connectivity index (χ4n) is 6.91. The predicted molar refractivity (Wildman–Crippen MR) is 194 cm³/mol. The molecule has 5 nitrogen and oxygen atoms in total. The van der Waals surface area contributed by atoms with E-state index in [0.717, 1.165) is 83.3 Å². The van der Waals surface area contributed by atoms with Gasteiger partial charge in [0.1, 0.15) is 11.3 Å². The molecule has 1 aliphatic heterocycles. The second-order valence-corrected chi connectivity index (χ2v) is 13.5. The fraction of sp³-hybridized carbons (Fsp3) is 0.214. The van der Waals surface area contributed by atoms with Crippen LogP contribution in [0.25, 0.3) is 55.4 Å². The number of hydrogen-bond acceptors (Lipinski definition) is 5. The second-order valence-electron chi connectivity index (χ2n) is 13.5. The molecule has 0 amide bonds. The average Bonchev–Trinajstić information content (AvgIpc) is 3.63. The number of benzene rings is 4. The van der Waals surface area contributed by atoms with Crippen molar-refractivity contribution in [2.75, 3.05) is 0 Å². The Balaban J connectivity index is 1.44. The first-order valence-electron chi connectivity index (χ1n) is 16.2. The van der Waals surface area contributed by atoms with E-state index in [2.05, 4.69) is 97.0 Å². The van der Waals surface area contributed by atoms with Crippen LogP contribution in [0.5, 0.6) is 5.75 Å². The SMILES string of the molecule is Cc1cnc(-c2cc(-c3cc(C)c(C)c4c3N=C(c3cc(C)c(C)cc3O)C4)c3oc4nc5cc(C)c(C)cc5cc4c3c2)cc1C. The molecule has 0 atom stereocenters. The first-order chi connectivity index (χ1) is 22.5. The van der Waals surface area contributed by atoms with Gasteiger partial charge in [-0.1, -0.05) is 0 Å². The molecular formula is C42H37N3O2. The van der Waals surface area contributed by atoms with Crippen molar-refractivity contribution >= 4 is 44.4 Å². The van der Waals surface area contributed by atoms with Gasteiger partial charge in [-0.3, -0.25) is 9.98 Å². The van der Waals surface area contributed by atoms with Gasteiger partial charge in [0.25, 0.3) is 0 Å². The number of rotatable bonds is 3. The summed E-state index contributed by atoms with van der Waals surface area (Å²) in [5, 5.41) is 14.1. The molecule has 1 N–H and O–H groups in total. The maximum absolute atomic E-state index is 11.0. The number of nitrogens with zero attached hydrogens (tertiary/aromatic N) is 3. The highest BCUT2D eigenvalue weighted by molar-refractivity contribution is 6.15. The minimum Gasteiger partial charge on any atom is -0.507 e. The van der Waals surface area contributed by atoms with Crippen LogP contribution < -0.4 is 0 Å². The van der Waals surface area contributed by atoms with Gasteiger partial charge in [0.15, 0.2) is 0 Å². The van der Waals surface area contributed by atoms with Gasteiger partial charge in [-0.2, -0.15) is 0 Å².